The normalized spacial score (nSPS) is 19.2. The SMILES string of the molecule is CC.CC1(C)CCc2c(-c3cc4ccc(C(=O)N5CC6(CN(C(=O)OC(C)(C)C)C6)C5)cc4[nH]3)n[nH]c2C1. The number of carbonyl (C=O) groups excluding carboxylic acids is 2. The molecule has 2 saturated heterocycles. The van der Waals surface area contributed by atoms with Crippen LogP contribution in [-0.2, 0) is 17.6 Å². The third kappa shape index (κ3) is 4.81. The minimum absolute atomic E-state index is 0.0177. The number of fused-ring (bicyclic) bond motifs is 2. The van der Waals surface area contributed by atoms with Crippen LogP contribution in [-0.4, -0.2) is 68.8 Å². The van der Waals surface area contributed by atoms with Gasteiger partial charge in [0.2, 0.25) is 0 Å². The molecule has 1 aliphatic carbocycles. The summed E-state index contributed by atoms with van der Waals surface area (Å²) in [5.74, 6) is 0.0359. The van der Waals surface area contributed by atoms with E-state index < -0.39 is 5.60 Å². The summed E-state index contributed by atoms with van der Waals surface area (Å²) < 4.78 is 5.45. The Morgan fingerprint density at radius 3 is 2.39 bits per heavy atom. The Labute approximate surface area is 225 Å². The van der Waals surface area contributed by atoms with Crippen LogP contribution in [0.5, 0.6) is 0 Å². The highest BCUT2D eigenvalue weighted by Crippen LogP contribution is 2.41. The van der Waals surface area contributed by atoms with Gasteiger partial charge < -0.3 is 19.5 Å². The molecule has 8 nitrogen and oxygen atoms in total. The Balaban J connectivity index is 0.00000144. The lowest BCUT2D eigenvalue weighted by atomic mass is 9.73. The second-order valence-corrected chi connectivity index (χ2v) is 12.9. The Bertz CT molecular complexity index is 1360. The van der Waals surface area contributed by atoms with Gasteiger partial charge in [-0.15, -0.1) is 0 Å². The van der Waals surface area contributed by atoms with Crippen molar-refractivity contribution in [1.29, 1.82) is 0 Å². The number of hydrogen-bond acceptors (Lipinski definition) is 4. The molecule has 0 unspecified atom stereocenters. The fourth-order valence-electron chi connectivity index (χ4n) is 5.97. The van der Waals surface area contributed by atoms with Crippen LogP contribution in [0.4, 0.5) is 4.79 Å². The number of ether oxygens (including phenoxy) is 1. The maximum atomic E-state index is 13.2. The molecular formula is C30H41N5O3. The van der Waals surface area contributed by atoms with E-state index >= 15 is 0 Å². The van der Waals surface area contributed by atoms with Crippen LogP contribution in [0.3, 0.4) is 0 Å². The molecule has 2 amide bonds. The van der Waals surface area contributed by atoms with Crippen molar-refractivity contribution in [3.05, 3.63) is 41.1 Å². The molecule has 6 rings (SSSR count). The molecular weight excluding hydrogens is 478 g/mol. The standard InChI is InChI=1S/C28H35N5O3.C2H6/c1-26(2,3)36-25(35)33-15-28(16-33)13-32(14-28)24(34)18-7-6-17-10-21(29-20(17)11-18)23-19-8-9-27(4,5)12-22(19)30-31-23;1-2/h6-7,10-11,29H,8-9,12-16H2,1-5H3,(H,30,31);1-2H3. The highest BCUT2D eigenvalue weighted by molar-refractivity contribution is 5.99. The van der Waals surface area contributed by atoms with E-state index in [1.54, 1.807) is 4.90 Å². The van der Waals surface area contributed by atoms with Crippen molar-refractivity contribution in [3.63, 3.8) is 0 Å². The first-order chi connectivity index (χ1) is 17.9. The number of nitrogens with one attached hydrogen (secondary N) is 2. The van der Waals surface area contributed by atoms with Crippen LogP contribution >= 0.6 is 0 Å². The van der Waals surface area contributed by atoms with E-state index in [0.717, 1.165) is 41.6 Å². The van der Waals surface area contributed by atoms with Crippen LogP contribution in [0.25, 0.3) is 22.3 Å². The predicted octanol–water partition coefficient (Wildman–Crippen LogP) is 5.79. The second-order valence-electron chi connectivity index (χ2n) is 12.9. The van der Waals surface area contributed by atoms with E-state index in [1.165, 1.54) is 11.3 Å². The molecule has 2 aromatic heterocycles. The molecule has 2 fully saturated rings. The maximum absolute atomic E-state index is 13.2. The first-order valence-corrected chi connectivity index (χ1v) is 13.9. The van der Waals surface area contributed by atoms with Crippen molar-refractivity contribution in [3.8, 4) is 11.4 Å². The van der Waals surface area contributed by atoms with Gasteiger partial charge >= 0.3 is 6.09 Å². The lowest BCUT2D eigenvalue weighted by Gasteiger charge is -2.59. The molecule has 0 saturated carbocycles. The third-order valence-corrected chi connectivity index (χ3v) is 7.83. The number of H-pyrrole nitrogens is 2. The molecule has 0 atom stereocenters. The average Bonchev–Trinajstić information content (AvgIpc) is 3.39. The Morgan fingerprint density at radius 2 is 1.71 bits per heavy atom. The zero-order valence-corrected chi connectivity index (χ0v) is 23.8. The predicted molar refractivity (Wildman–Crippen MR) is 149 cm³/mol. The summed E-state index contributed by atoms with van der Waals surface area (Å²) >= 11 is 0. The first kappa shape index (κ1) is 26.3. The minimum Gasteiger partial charge on any atom is -0.444 e. The minimum atomic E-state index is -0.495. The molecule has 1 spiro atoms. The Morgan fingerprint density at radius 1 is 1.03 bits per heavy atom. The third-order valence-electron chi connectivity index (χ3n) is 7.83. The van der Waals surface area contributed by atoms with Gasteiger partial charge in [0.15, 0.2) is 0 Å². The lowest BCUT2D eigenvalue weighted by molar-refractivity contribution is -0.0980. The molecule has 204 valence electrons. The highest BCUT2D eigenvalue weighted by Gasteiger charge is 2.55. The van der Waals surface area contributed by atoms with Gasteiger partial charge in [-0.2, -0.15) is 5.10 Å². The van der Waals surface area contributed by atoms with Crippen LogP contribution in [0, 0.1) is 10.8 Å². The maximum Gasteiger partial charge on any atom is 0.410 e. The van der Waals surface area contributed by atoms with Crippen molar-refractivity contribution >= 4 is 22.9 Å². The number of rotatable bonds is 2. The van der Waals surface area contributed by atoms with Gasteiger partial charge in [-0.25, -0.2) is 4.79 Å². The van der Waals surface area contributed by atoms with Crippen LogP contribution in [0.2, 0.25) is 0 Å². The Hall–Kier alpha value is -3.29. The van der Waals surface area contributed by atoms with Crippen molar-refractivity contribution in [2.75, 3.05) is 26.2 Å². The zero-order valence-electron chi connectivity index (χ0n) is 23.8. The molecule has 1 aromatic carbocycles. The molecule has 0 radical (unpaired) electrons. The lowest BCUT2D eigenvalue weighted by Crippen LogP contribution is -2.73. The summed E-state index contributed by atoms with van der Waals surface area (Å²) in [6.45, 7) is 16.9. The molecule has 38 heavy (non-hydrogen) atoms. The van der Waals surface area contributed by atoms with E-state index in [9.17, 15) is 9.59 Å². The summed E-state index contributed by atoms with van der Waals surface area (Å²) in [6, 6.07) is 7.98. The summed E-state index contributed by atoms with van der Waals surface area (Å²) in [6.07, 6.45) is 2.92. The monoisotopic (exact) mass is 519 g/mol. The zero-order chi connectivity index (χ0) is 27.5. The summed E-state index contributed by atoms with van der Waals surface area (Å²) in [7, 11) is 0. The number of benzene rings is 1. The molecule has 2 aliphatic heterocycles. The van der Waals surface area contributed by atoms with Crippen molar-refractivity contribution in [2.45, 2.75) is 73.3 Å². The van der Waals surface area contributed by atoms with Gasteiger partial charge in [-0.05, 0) is 63.6 Å². The van der Waals surface area contributed by atoms with Crippen LogP contribution < -0.4 is 0 Å². The number of aromatic nitrogens is 3. The fraction of sp³-hybridized carbons (Fsp3) is 0.567. The summed E-state index contributed by atoms with van der Waals surface area (Å²) in [4.78, 5) is 32.5. The van der Waals surface area contributed by atoms with Gasteiger partial charge in [0.1, 0.15) is 11.3 Å². The molecule has 3 aromatic rings. The molecule has 4 heterocycles. The average molecular weight is 520 g/mol. The molecule has 2 N–H and O–H groups in total. The van der Waals surface area contributed by atoms with E-state index in [4.69, 9.17) is 4.74 Å². The number of likely N-dealkylation sites (tertiary alicyclic amines) is 2. The van der Waals surface area contributed by atoms with Crippen LogP contribution in [0.15, 0.2) is 24.3 Å². The first-order valence-electron chi connectivity index (χ1n) is 13.9. The fourth-order valence-corrected chi connectivity index (χ4v) is 5.97. The van der Waals surface area contributed by atoms with E-state index in [2.05, 4.69) is 35.1 Å². The van der Waals surface area contributed by atoms with E-state index in [-0.39, 0.29) is 17.4 Å². The van der Waals surface area contributed by atoms with Gasteiger partial charge in [0.05, 0.1) is 5.69 Å². The van der Waals surface area contributed by atoms with Crippen molar-refractivity contribution < 1.29 is 14.3 Å². The highest BCUT2D eigenvalue weighted by atomic mass is 16.6. The number of aromatic amines is 2. The molecule has 3 aliphatic rings. The van der Waals surface area contributed by atoms with E-state index in [1.807, 2.05) is 57.7 Å². The van der Waals surface area contributed by atoms with Gasteiger partial charge in [0.25, 0.3) is 5.91 Å². The van der Waals surface area contributed by atoms with Gasteiger partial charge in [-0.3, -0.25) is 9.89 Å². The second kappa shape index (κ2) is 9.17. The topological polar surface area (TPSA) is 94.3 Å². The smallest absolute Gasteiger partial charge is 0.410 e. The number of hydrogen-bond donors (Lipinski definition) is 2. The quantitative estimate of drug-likeness (QED) is 0.448. The Kier molecular flexibility index (Phi) is 6.35. The van der Waals surface area contributed by atoms with Crippen LogP contribution in [0.1, 0.15) is 76.5 Å². The molecule has 8 heteroatoms. The van der Waals surface area contributed by atoms with Gasteiger partial charge in [0, 0.05) is 59.3 Å². The largest absolute Gasteiger partial charge is 0.444 e. The number of carbonyl (C=O) groups is 2. The number of amides is 2. The summed E-state index contributed by atoms with van der Waals surface area (Å²) in [5, 5.41) is 8.97. The van der Waals surface area contributed by atoms with Gasteiger partial charge in [-0.1, -0.05) is 33.8 Å². The van der Waals surface area contributed by atoms with Crippen molar-refractivity contribution in [1.82, 2.24) is 25.0 Å². The van der Waals surface area contributed by atoms with Crippen molar-refractivity contribution in [2.24, 2.45) is 10.8 Å². The number of nitrogens with zero attached hydrogens (tertiary/aromatic N) is 3. The molecule has 0 bridgehead atoms. The summed E-state index contributed by atoms with van der Waals surface area (Å²) in [5.41, 5.74) is 5.98. The van der Waals surface area contributed by atoms with E-state index in [0.29, 0.717) is 37.2 Å².